The molecule has 1 aliphatic carbocycles. The number of fused-ring (bicyclic) bond motifs is 3. The number of halogens is 3. The Labute approximate surface area is 250 Å². The number of hydrogen-bond donors (Lipinski definition) is 3. The van der Waals surface area contributed by atoms with Crippen molar-refractivity contribution < 1.29 is 27.5 Å². The molecule has 2 bridgehead atoms. The molecule has 0 unspecified atom stereocenters. The molecule has 1 saturated carbocycles. The van der Waals surface area contributed by atoms with Crippen LogP contribution in [-0.2, 0) is 15.7 Å². The Morgan fingerprint density at radius 2 is 1.95 bits per heavy atom. The molecule has 6 rings (SSSR count). The van der Waals surface area contributed by atoms with E-state index in [2.05, 4.69) is 20.6 Å². The highest BCUT2D eigenvalue weighted by molar-refractivity contribution is 6.06. The highest BCUT2D eigenvalue weighted by Crippen LogP contribution is 2.39. The summed E-state index contributed by atoms with van der Waals surface area (Å²) in [5.41, 5.74) is 8.63. The molecule has 228 valence electrons. The molecule has 2 aliphatic rings. The number of amides is 2. The standard InChI is InChI=1S/C31H30F3N7O3/c1-17-29(42)38-22-5-2-6-23(15-22)41-27-20(4-3-13-44-17)16-37-28(35)25(27)26(40-41)18-7-9-19(10-8-18)30(43)39-24-14-21(11-12-36-24)31(32,33)34/h3-4,7-12,14,16-17,22-23H,2,5-6,13,15H2,1H3,(H2,35,37)(H,38,42)(H,36,39,43)/b4-3+/t17-,22-,23-/m1/s1. The van der Waals surface area contributed by atoms with Crippen LogP contribution in [0.15, 0.2) is 54.9 Å². The van der Waals surface area contributed by atoms with E-state index < -0.39 is 23.8 Å². The maximum absolute atomic E-state index is 13.1. The largest absolute Gasteiger partial charge is 0.416 e. The van der Waals surface area contributed by atoms with Crippen molar-refractivity contribution in [3.8, 4) is 11.3 Å². The number of benzene rings is 1. The Morgan fingerprint density at radius 1 is 1.16 bits per heavy atom. The van der Waals surface area contributed by atoms with Gasteiger partial charge in [0.15, 0.2) is 0 Å². The van der Waals surface area contributed by atoms with Crippen molar-refractivity contribution in [3.05, 3.63) is 71.6 Å². The van der Waals surface area contributed by atoms with Crippen LogP contribution in [0.2, 0.25) is 0 Å². The molecular weight excluding hydrogens is 575 g/mol. The third-order valence-corrected chi connectivity index (χ3v) is 7.98. The molecule has 1 aliphatic heterocycles. The number of pyridine rings is 2. The van der Waals surface area contributed by atoms with Crippen LogP contribution >= 0.6 is 0 Å². The second kappa shape index (κ2) is 11.7. The average Bonchev–Trinajstić information content (AvgIpc) is 3.42. The number of rotatable bonds is 3. The first-order valence-electron chi connectivity index (χ1n) is 14.3. The molecule has 4 heterocycles. The number of nitrogens with zero attached hydrogens (tertiary/aromatic N) is 4. The third-order valence-electron chi connectivity index (χ3n) is 7.98. The van der Waals surface area contributed by atoms with Gasteiger partial charge in [-0.15, -0.1) is 0 Å². The summed E-state index contributed by atoms with van der Waals surface area (Å²) in [5, 5.41) is 11.2. The second-order valence-electron chi connectivity index (χ2n) is 11.0. The SMILES string of the molecule is C[C@H]1OC/C=C/c2cnc(N)c3c(-c4ccc(C(=O)Nc5cc(C(F)(F)F)ccn5)cc4)nn(c23)[C@@H]2CCC[C@H](C2)NC1=O. The van der Waals surface area contributed by atoms with E-state index in [-0.39, 0.29) is 36.0 Å². The van der Waals surface area contributed by atoms with Crippen molar-refractivity contribution in [3.63, 3.8) is 0 Å². The van der Waals surface area contributed by atoms with E-state index in [1.807, 2.05) is 16.8 Å². The van der Waals surface area contributed by atoms with Gasteiger partial charge in [-0.3, -0.25) is 14.3 Å². The van der Waals surface area contributed by atoms with Crippen LogP contribution in [0.1, 0.15) is 60.1 Å². The van der Waals surface area contributed by atoms with Gasteiger partial charge in [0, 0.05) is 35.1 Å². The fraction of sp³-hybridized carbons (Fsp3) is 0.323. The summed E-state index contributed by atoms with van der Waals surface area (Å²) >= 11 is 0. The van der Waals surface area contributed by atoms with Crippen molar-refractivity contribution >= 4 is 40.4 Å². The Morgan fingerprint density at radius 3 is 2.73 bits per heavy atom. The molecule has 44 heavy (non-hydrogen) atoms. The number of nitrogens with one attached hydrogen (secondary N) is 2. The number of alkyl halides is 3. The Bertz CT molecular complexity index is 1750. The summed E-state index contributed by atoms with van der Waals surface area (Å²) < 4.78 is 46.9. The minimum absolute atomic E-state index is 0.0127. The molecule has 4 N–H and O–H groups in total. The van der Waals surface area contributed by atoms with Crippen LogP contribution in [-0.4, -0.2) is 50.3 Å². The smallest absolute Gasteiger partial charge is 0.383 e. The van der Waals surface area contributed by atoms with E-state index in [4.69, 9.17) is 15.6 Å². The van der Waals surface area contributed by atoms with Crippen molar-refractivity contribution in [1.82, 2.24) is 25.1 Å². The van der Waals surface area contributed by atoms with Gasteiger partial charge >= 0.3 is 6.18 Å². The highest BCUT2D eigenvalue weighted by atomic mass is 19.4. The normalized spacial score (nSPS) is 21.5. The molecule has 1 aromatic carbocycles. The number of nitrogen functional groups attached to an aromatic ring is 1. The van der Waals surface area contributed by atoms with E-state index >= 15 is 0 Å². The van der Waals surface area contributed by atoms with Gasteiger partial charge in [-0.1, -0.05) is 24.3 Å². The Hall–Kier alpha value is -4.78. The number of ether oxygens (including phenoxy) is 1. The van der Waals surface area contributed by atoms with Crippen LogP contribution in [0.4, 0.5) is 24.8 Å². The van der Waals surface area contributed by atoms with Crippen LogP contribution < -0.4 is 16.4 Å². The predicted molar refractivity (Wildman–Crippen MR) is 158 cm³/mol. The van der Waals surface area contributed by atoms with Crippen LogP contribution in [0.5, 0.6) is 0 Å². The van der Waals surface area contributed by atoms with Gasteiger partial charge in [0.2, 0.25) is 5.91 Å². The van der Waals surface area contributed by atoms with Gasteiger partial charge in [0.1, 0.15) is 23.4 Å². The first-order chi connectivity index (χ1) is 21.1. The van der Waals surface area contributed by atoms with Gasteiger partial charge in [-0.25, -0.2) is 9.97 Å². The zero-order valence-corrected chi connectivity index (χ0v) is 23.8. The fourth-order valence-corrected chi connectivity index (χ4v) is 5.74. The highest BCUT2D eigenvalue weighted by Gasteiger charge is 2.32. The molecule has 13 heteroatoms. The molecule has 1 fully saturated rings. The zero-order valence-electron chi connectivity index (χ0n) is 23.8. The summed E-state index contributed by atoms with van der Waals surface area (Å²) in [4.78, 5) is 33.8. The van der Waals surface area contributed by atoms with Crippen LogP contribution in [0, 0.1) is 0 Å². The fourth-order valence-electron chi connectivity index (χ4n) is 5.74. The van der Waals surface area contributed by atoms with E-state index in [0.717, 1.165) is 48.7 Å². The maximum atomic E-state index is 13.1. The topological polar surface area (TPSA) is 137 Å². The average molecular weight is 606 g/mol. The quantitative estimate of drug-likeness (QED) is 0.285. The van der Waals surface area contributed by atoms with Crippen molar-refractivity contribution in [2.45, 2.75) is 57.0 Å². The van der Waals surface area contributed by atoms with Gasteiger partial charge in [0.05, 0.1) is 29.1 Å². The van der Waals surface area contributed by atoms with E-state index in [1.54, 1.807) is 37.4 Å². The third kappa shape index (κ3) is 5.87. The molecule has 0 spiro atoms. The maximum Gasteiger partial charge on any atom is 0.416 e. The molecule has 10 nitrogen and oxygen atoms in total. The van der Waals surface area contributed by atoms with Crippen molar-refractivity contribution in [2.24, 2.45) is 0 Å². The number of anilines is 2. The summed E-state index contributed by atoms with van der Waals surface area (Å²) in [6, 6.07) is 8.11. The number of nitrogens with two attached hydrogens (primary N) is 1. The molecule has 4 aromatic rings. The molecule has 0 radical (unpaired) electrons. The van der Waals surface area contributed by atoms with Gasteiger partial charge in [-0.05, 0) is 56.9 Å². The number of hydrogen-bond acceptors (Lipinski definition) is 7. The molecule has 3 atom stereocenters. The first-order valence-corrected chi connectivity index (χ1v) is 14.3. The molecule has 2 amide bonds. The number of carbonyl (C=O) groups is 2. The monoisotopic (exact) mass is 605 g/mol. The number of carbonyl (C=O) groups excluding carboxylic acids is 2. The van der Waals surface area contributed by atoms with Gasteiger partial charge in [-0.2, -0.15) is 18.3 Å². The first kappa shape index (κ1) is 29.3. The molecule has 0 saturated heterocycles. The summed E-state index contributed by atoms with van der Waals surface area (Å²) in [6.45, 7) is 1.97. The second-order valence-corrected chi connectivity index (χ2v) is 11.0. The van der Waals surface area contributed by atoms with Crippen LogP contribution in [0.25, 0.3) is 28.2 Å². The predicted octanol–water partition coefficient (Wildman–Crippen LogP) is 5.38. The van der Waals surface area contributed by atoms with E-state index in [1.165, 1.54) is 0 Å². The lowest BCUT2D eigenvalue weighted by Crippen LogP contribution is -2.43. The van der Waals surface area contributed by atoms with Gasteiger partial charge in [0.25, 0.3) is 5.91 Å². The molecular formula is C31H30F3N7O3. The zero-order chi connectivity index (χ0) is 31.0. The van der Waals surface area contributed by atoms with Crippen LogP contribution in [0.3, 0.4) is 0 Å². The lowest BCUT2D eigenvalue weighted by Gasteiger charge is -2.31. The number of aromatic nitrogens is 4. The minimum atomic E-state index is -4.56. The summed E-state index contributed by atoms with van der Waals surface area (Å²) in [5.74, 6) is -0.670. The van der Waals surface area contributed by atoms with Crippen molar-refractivity contribution in [1.29, 1.82) is 0 Å². The molecule has 3 aromatic heterocycles. The van der Waals surface area contributed by atoms with Crippen molar-refractivity contribution in [2.75, 3.05) is 17.7 Å². The Kier molecular flexibility index (Phi) is 7.80. The van der Waals surface area contributed by atoms with E-state index in [0.29, 0.717) is 28.9 Å². The van der Waals surface area contributed by atoms with E-state index in [9.17, 15) is 22.8 Å². The Balaban J connectivity index is 1.36. The van der Waals surface area contributed by atoms with Gasteiger partial charge < -0.3 is 21.1 Å². The summed E-state index contributed by atoms with van der Waals surface area (Å²) in [7, 11) is 0. The minimum Gasteiger partial charge on any atom is -0.383 e. The summed E-state index contributed by atoms with van der Waals surface area (Å²) in [6.07, 6.45) is 4.56. The lowest BCUT2D eigenvalue weighted by atomic mass is 9.90. The lowest BCUT2D eigenvalue weighted by molar-refractivity contribution is -0.137.